The Balaban J connectivity index is 1.63. The second-order valence-corrected chi connectivity index (χ2v) is 8.20. The lowest BCUT2D eigenvalue weighted by atomic mass is 10.0. The lowest BCUT2D eigenvalue weighted by Gasteiger charge is -2.11. The fourth-order valence-corrected chi connectivity index (χ4v) is 3.74. The van der Waals surface area contributed by atoms with Crippen LogP contribution in [0.5, 0.6) is 5.75 Å². The number of hydrogen-bond acceptors (Lipinski definition) is 4. The highest BCUT2D eigenvalue weighted by molar-refractivity contribution is 6.36. The minimum Gasteiger partial charge on any atom is -0.422 e. The van der Waals surface area contributed by atoms with Gasteiger partial charge in [0.2, 0.25) is 0 Å². The van der Waals surface area contributed by atoms with Gasteiger partial charge in [-0.3, -0.25) is 4.79 Å². The van der Waals surface area contributed by atoms with Crippen LogP contribution in [0.2, 0.25) is 15.1 Å². The summed E-state index contributed by atoms with van der Waals surface area (Å²) in [6, 6.07) is 21.9. The third-order valence-corrected chi connectivity index (χ3v) is 5.55. The molecule has 4 aromatic carbocycles. The molecule has 0 aliphatic carbocycles. The van der Waals surface area contributed by atoms with Gasteiger partial charge in [-0.2, -0.15) is 5.10 Å². The van der Waals surface area contributed by atoms with Crippen molar-refractivity contribution in [2.45, 2.75) is 0 Å². The number of ether oxygens (including phenoxy) is 1. The summed E-state index contributed by atoms with van der Waals surface area (Å²) in [5, 5.41) is 6.88. The number of amides is 1. The molecule has 4 rings (SSSR count). The molecule has 1 amide bonds. The van der Waals surface area contributed by atoms with Gasteiger partial charge in [0.25, 0.3) is 5.91 Å². The van der Waals surface area contributed by atoms with E-state index in [2.05, 4.69) is 10.5 Å². The smallest absolute Gasteiger partial charge is 0.345 e. The summed E-state index contributed by atoms with van der Waals surface area (Å²) in [6.07, 6.45) is 1.43. The van der Waals surface area contributed by atoms with Crippen molar-refractivity contribution in [3.05, 3.63) is 111 Å². The maximum absolute atomic E-state index is 12.8. The number of hydrogen-bond donors (Lipinski definition) is 1. The molecule has 0 atom stereocenters. The SMILES string of the molecule is O=C(N/N=C\c1c(OC(=O)c2ccc(Cl)cc2Cl)ccc2ccccc12)c1ccc(Cl)cc1. The van der Waals surface area contributed by atoms with Crippen molar-refractivity contribution in [1.29, 1.82) is 0 Å². The molecular weight excluding hydrogens is 483 g/mol. The number of carbonyl (C=O) groups is 2. The Labute approximate surface area is 204 Å². The standard InChI is InChI=1S/C25H15Cl3N2O3/c26-17-8-5-16(6-9-17)24(31)30-29-14-21-19-4-2-1-3-15(19)7-12-23(21)33-25(32)20-11-10-18(27)13-22(20)28/h1-14H,(H,30,31)/b29-14-. The van der Waals surface area contributed by atoms with E-state index in [-0.39, 0.29) is 16.3 Å². The van der Waals surface area contributed by atoms with Gasteiger partial charge in [-0.25, -0.2) is 10.2 Å². The first-order chi connectivity index (χ1) is 15.9. The number of benzene rings is 4. The van der Waals surface area contributed by atoms with Gasteiger partial charge in [0.1, 0.15) is 5.75 Å². The van der Waals surface area contributed by atoms with Gasteiger partial charge in [0, 0.05) is 21.2 Å². The summed E-state index contributed by atoms with van der Waals surface area (Å²) >= 11 is 17.9. The third kappa shape index (κ3) is 5.34. The van der Waals surface area contributed by atoms with Crippen LogP contribution in [0.25, 0.3) is 10.8 Å². The van der Waals surface area contributed by atoms with Gasteiger partial charge < -0.3 is 4.74 Å². The highest BCUT2D eigenvalue weighted by atomic mass is 35.5. The van der Waals surface area contributed by atoms with E-state index in [0.29, 0.717) is 21.2 Å². The van der Waals surface area contributed by atoms with Crippen LogP contribution in [-0.2, 0) is 0 Å². The van der Waals surface area contributed by atoms with Crippen molar-refractivity contribution in [2.75, 3.05) is 0 Å². The molecule has 0 bridgehead atoms. The minimum atomic E-state index is -0.646. The van der Waals surface area contributed by atoms with Crippen molar-refractivity contribution in [2.24, 2.45) is 5.10 Å². The first kappa shape index (κ1) is 22.8. The van der Waals surface area contributed by atoms with Crippen LogP contribution < -0.4 is 10.2 Å². The molecule has 0 aliphatic heterocycles. The van der Waals surface area contributed by atoms with E-state index in [1.54, 1.807) is 36.4 Å². The Morgan fingerprint density at radius 2 is 1.58 bits per heavy atom. The average Bonchev–Trinajstić information content (AvgIpc) is 2.80. The molecular formula is C25H15Cl3N2O3. The zero-order valence-corrected chi connectivity index (χ0v) is 19.2. The molecule has 0 aromatic heterocycles. The van der Waals surface area contributed by atoms with Crippen LogP contribution in [0.3, 0.4) is 0 Å². The summed E-state index contributed by atoms with van der Waals surface area (Å²) in [5.41, 5.74) is 3.56. The summed E-state index contributed by atoms with van der Waals surface area (Å²) < 4.78 is 5.63. The molecule has 164 valence electrons. The summed E-state index contributed by atoms with van der Waals surface area (Å²) in [6.45, 7) is 0. The average molecular weight is 498 g/mol. The van der Waals surface area contributed by atoms with E-state index >= 15 is 0 Å². The van der Waals surface area contributed by atoms with Crippen molar-refractivity contribution < 1.29 is 14.3 Å². The molecule has 0 fully saturated rings. The predicted molar refractivity (Wildman–Crippen MR) is 132 cm³/mol. The number of rotatable bonds is 5. The van der Waals surface area contributed by atoms with E-state index in [4.69, 9.17) is 39.5 Å². The molecule has 0 saturated heterocycles. The van der Waals surface area contributed by atoms with Gasteiger partial charge in [0.05, 0.1) is 16.8 Å². The molecule has 4 aromatic rings. The fraction of sp³-hybridized carbons (Fsp3) is 0. The molecule has 1 N–H and O–H groups in total. The van der Waals surface area contributed by atoms with E-state index in [0.717, 1.165) is 10.8 Å². The highest BCUT2D eigenvalue weighted by Gasteiger charge is 2.16. The van der Waals surface area contributed by atoms with E-state index < -0.39 is 11.9 Å². The summed E-state index contributed by atoms with van der Waals surface area (Å²) in [5.74, 6) is -0.796. The number of fused-ring (bicyclic) bond motifs is 1. The van der Waals surface area contributed by atoms with Gasteiger partial charge >= 0.3 is 5.97 Å². The van der Waals surface area contributed by atoms with E-state index in [1.165, 1.54) is 18.3 Å². The topological polar surface area (TPSA) is 67.8 Å². The molecule has 5 nitrogen and oxygen atoms in total. The minimum absolute atomic E-state index is 0.174. The zero-order valence-electron chi connectivity index (χ0n) is 16.9. The number of halogens is 3. The Kier molecular flexibility index (Phi) is 6.94. The van der Waals surface area contributed by atoms with Gasteiger partial charge in [-0.15, -0.1) is 0 Å². The Hall–Kier alpha value is -3.38. The van der Waals surface area contributed by atoms with Crippen LogP contribution in [-0.4, -0.2) is 18.1 Å². The Bertz CT molecular complexity index is 1390. The van der Waals surface area contributed by atoms with Crippen LogP contribution in [0, 0.1) is 0 Å². The Morgan fingerprint density at radius 1 is 0.848 bits per heavy atom. The Morgan fingerprint density at radius 3 is 2.33 bits per heavy atom. The van der Waals surface area contributed by atoms with Gasteiger partial charge in [-0.05, 0) is 59.3 Å². The molecule has 0 unspecified atom stereocenters. The van der Waals surface area contributed by atoms with Crippen LogP contribution in [0.15, 0.2) is 84.0 Å². The van der Waals surface area contributed by atoms with Crippen molar-refractivity contribution >= 4 is 63.7 Å². The molecule has 0 heterocycles. The maximum Gasteiger partial charge on any atom is 0.345 e. The van der Waals surface area contributed by atoms with Crippen LogP contribution in [0.4, 0.5) is 0 Å². The largest absolute Gasteiger partial charge is 0.422 e. The van der Waals surface area contributed by atoms with Gasteiger partial charge in [-0.1, -0.05) is 65.1 Å². The summed E-state index contributed by atoms with van der Waals surface area (Å²) in [7, 11) is 0. The van der Waals surface area contributed by atoms with E-state index in [1.807, 2.05) is 30.3 Å². The lowest BCUT2D eigenvalue weighted by molar-refractivity contribution is 0.0734. The molecule has 33 heavy (non-hydrogen) atoms. The molecule has 0 saturated carbocycles. The molecule has 0 spiro atoms. The predicted octanol–water partition coefficient (Wildman–Crippen LogP) is 6.78. The molecule has 8 heteroatoms. The second kappa shape index (κ2) is 10.0. The van der Waals surface area contributed by atoms with Gasteiger partial charge in [0.15, 0.2) is 0 Å². The van der Waals surface area contributed by atoms with Crippen molar-refractivity contribution in [3.8, 4) is 5.75 Å². The number of nitrogens with zero attached hydrogens (tertiary/aromatic N) is 1. The quantitative estimate of drug-likeness (QED) is 0.143. The van der Waals surface area contributed by atoms with Crippen molar-refractivity contribution in [1.82, 2.24) is 5.43 Å². The highest BCUT2D eigenvalue weighted by Crippen LogP contribution is 2.29. The first-order valence-corrected chi connectivity index (χ1v) is 10.8. The van der Waals surface area contributed by atoms with Crippen LogP contribution >= 0.6 is 34.8 Å². The molecule has 0 aliphatic rings. The molecule has 0 radical (unpaired) electrons. The number of esters is 1. The van der Waals surface area contributed by atoms with Crippen molar-refractivity contribution in [3.63, 3.8) is 0 Å². The number of hydrazone groups is 1. The summed E-state index contributed by atoms with van der Waals surface area (Å²) in [4.78, 5) is 25.1. The monoisotopic (exact) mass is 496 g/mol. The zero-order chi connectivity index (χ0) is 23.4. The third-order valence-electron chi connectivity index (χ3n) is 4.75. The fourth-order valence-electron chi connectivity index (χ4n) is 3.13. The number of carbonyl (C=O) groups excluding carboxylic acids is 2. The second-order valence-electron chi connectivity index (χ2n) is 6.92. The maximum atomic E-state index is 12.8. The number of nitrogens with one attached hydrogen (secondary N) is 1. The first-order valence-electron chi connectivity index (χ1n) is 9.70. The van der Waals surface area contributed by atoms with E-state index in [9.17, 15) is 9.59 Å². The van der Waals surface area contributed by atoms with Crippen LogP contribution in [0.1, 0.15) is 26.3 Å². The normalized spacial score (nSPS) is 11.0. The lowest BCUT2D eigenvalue weighted by Crippen LogP contribution is -2.17.